The van der Waals surface area contributed by atoms with E-state index in [1.165, 1.54) is 0 Å². The maximum atomic E-state index is 6.21. The van der Waals surface area contributed by atoms with E-state index in [9.17, 15) is 0 Å². The standard InChI is InChI=1S/C15H20ClN3O/c1-11(2)19-10-18-8-12(19)7-17-9-13-14(16)5-4-6-15(13)20-3/h4-6,8,10-11,17H,7,9H2,1-3H3. The zero-order valence-electron chi connectivity index (χ0n) is 12.1. The molecule has 0 aliphatic heterocycles. The number of benzene rings is 1. The lowest BCUT2D eigenvalue weighted by atomic mass is 10.2. The van der Waals surface area contributed by atoms with Crippen LogP contribution < -0.4 is 10.1 Å². The van der Waals surface area contributed by atoms with Gasteiger partial charge < -0.3 is 14.6 Å². The molecule has 0 bridgehead atoms. The monoisotopic (exact) mass is 293 g/mol. The van der Waals surface area contributed by atoms with E-state index in [2.05, 4.69) is 28.7 Å². The van der Waals surface area contributed by atoms with Crippen molar-refractivity contribution in [2.75, 3.05) is 7.11 Å². The summed E-state index contributed by atoms with van der Waals surface area (Å²) in [5.74, 6) is 0.808. The summed E-state index contributed by atoms with van der Waals surface area (Å²) in [6, 6.07) is 6.09. The van der Waals surface area contributed by atoms with Crippen LogP contribution in [0.1, 0.15) is 31.1 Å². The average Bonchev–Trinajstić information content (AvgIpc) is 2.89. The molecular formula is C15H20ClN3O. The van der Waals surface area contributed by atoms with Crippen molar-refractivity contribution in [2.45, 2.75) is 33.0 Å². The molecule has 0 atom stereocenters. The normalized spacial score (nSPS) is 11.1. The molecule has 0 aliphatic carbocycles. The Morgan fingerprint density at radius 2 is 2.15 bits per heavy atom. The number of rotatable bonds is 6. The van der Waals surface area contributed by atoms with Gasteiger partial charge in [0.25, 0.3) is 0 Å². The first-order valence-electron chi connectivity index (χ1n) is 6.66. The van der Waals surface area contributed by atoms with Gasteiger partial charge in [-0.3, -0.25) is 0 Å². The van der Waals surface area contributed by atoms with E-state index < -0.39 is 0 Å². The minimum Gasteiger partial charge on any atom is -0.496 e. The summed E-state index contributed by atoms with van der Waals surface area (Å²) in [7, 11) is 1.66. The Balaban J connectivity index is 2.01. The molecule has 0 unspecified atom stereocenters. The summed E-state index contributed by atoms with van der Waals surface area (Å²) >= 11 is 6.21. The summed E-state index contributed by atoms with van der Waals surface area (Å²) in [5, 5.41) is 4.11. The molecule has 1 N–H and O–H groups in total. The second-order valence-electron chi connectivity index (χ2n) is 4.91. The van der Waals surface area contributed by atoms with Crippen molar-refractivity contribution in [3.63, 3.8) is 0 Å². The number of nitrogens with one attached hydrogen (secondary N) is 1. The highest BCUT2D eigenvalue weighted by Crippen LogP contribution is 2.25. The minimum absolute atomic E-state index is 0.407. The molecule has 5 heteroatoms. The van der Waals surface area contributed by atoms with Gasteiger partial charge in [0.15, 0.2) is 0 Å². The maximum Gasteiger partial charge on any atom is 0.124 e. The fraction of sp³-hybridized carbons (Fsp3) is 0.400. The zero-order chi connectivity index (χ0) is 14.5. The van der Waals surface area contributed by atoms with Gasteiger partial charge in [0.05, 0.1) is 19.1 Å². The quantitative estimate of drug-likeness (QED) is 0.887. The van der Waals surface area contributed by atoms with Crippen molar-refractivity contribution in [1.82, 2.24) is 14.9 Å². The lowest BCUT2D eigenvalue weighted by molar-refractivity contribution is 0.407. The largest absolute Gasteiger partial charge is 0.496 e. The molecule has 2 rings (SSSR count). The van der Waals surface area contributed by atoms with E-state index in [4.69, 9.17) is 16.3 Å². The topological polar surface area (TPSA) is 39.1 Å². The second kappa shape index (κ2) is 6.77. The van der Waals surface area contributed by atoms with Gasteiger partial charge in [-0.1, -0.05) is 17.7 Å². The SMILES string of the molecule is COc1cccc(Cl)c1CNCc1cncn1C(C)C. The number of nitrogens with zero attached hydrogens (tertiary/aromatic N) is 2. The van der Waals surface area contributed by atoms with Crippen LogP contribution in [0.3, 0.4) is 0 Å². The van der Waals surface area contributed by atoms with Crippen molar-refractivity contribution in [1.29, 1.82) is 0 Å². The summed E-state index contributed by atoms with van der Waals surface area (Å²) in [6.45, 7) is 5.68. The predicted molar refractivity (Wildman–Crippen MR) is 81.2 cm³/mol. The van der Waals surface area contributed by atoms with Gasteiger partial charge in [-0.2, -0.15) is 0 Å². The number of hydrogen-bond donors (Lipinski definition) is 1. The van der Waals surface area contributed by atoms with Gasteiger partial charge in [0.1, 0.15) is 5.75 Å². The number of methoxy groups -OCH3 is 1. The van der Waals surface area contributed by atoms with Crippen LogP contribution in [-0.4, -0.2) is 16.7 Å². The van der Waals surface area contributed by atoms with Crippen molar-refractivity contribution in [2.24, 2.45) is 0 Å². The van der Waals surface area contributed by atoms with Crippen LogP contribution in [0.4, 0.5) is 0 Å². The Labute approximate surface area is 124 Å². The van der Waals surface area contributed by atoms with E-state index in [1.54, 1.807) is 7.11 Å². The van der Waals surface area contributed by atoms with Crippen LogP contribution >= 0.6 is 11.6 Å². The Hall–Kier alpha value is -1.52. The summed E-state index contributed by atoms with van der Waals surface area (Å²) in [4.78, 5) is 4.19. The number of hydrogen-bond acceptors (Lipinski definition) is 3. The molecule has 0 saturated carbocycles. The zero-order valence-corrected chi connectivity index (χ0v) is 12.8. The third kappa shape index (κ3) is 3.32. The minimum atomic E-state index is 0.407. The third-order valence-electron chi connectivity index (χ3n) is 3.21. The first-order valence-corrected chi connectivity index (χ1v) is 7.04. The molecule has 2 aromatic rings. The third-order valence-corrected chi connectivity index (χ3v) is 3.56. The highest BCUT2D eigenvalue weighted by Gasteiger charge is 2.09. The molecule has 1 aromatic carbocycles. The Morgan fingerprint density at radius 1 is 1.35 bits per heavy atom. The van der Waals surface area contributed by atoms with E-state index in [-0.39, 0.29) is 0 Å². The number of imidazole rings is 1. The maximum absolute atomic E-state index is 6.21. The first-order chi connectivity index (χ1) is 9.63. The van der Waals surface area contributed by atoms with Crippen LogP contribution in [-0.2, 0) is 13.1 Å². The van der Waals surface area contributed by atoms with Crippen LogP contribution in [0.2, 0.25) is 5.02 Å². The predicted octanol–water partition coefficient (Wildman–Crippen LogP) is 3.42. The molecule has 1 heterocycles. The van der Waals surface area contributed by atoms with E-state index >= 15 is 0 Å². The van der Waals surface area contributed by atoms with Crippen LogP contribution in [0, 0.1) is 0 Å². The van der Waals surface area contributed by atoms with E-state index in [1.807, 2.05) is 30.7 Å². The lowest BCUT2D eigenvalue weighted by Crippen LogP contribution is -2.17. The van der Waals surface area contributed by atoms with E-state index in [0.29, 0.717) is 17.6 Å². The second-order valence-corrected chi connectivity index (χ2v) is 5.32. The van der Waals surface area contributed by atoms with Crippen molar-refractivity contribution >= 4 is 11.6 Å². The van der Waals surface area contributed by atoms with Gasteiger partial charge >= 0.3 is 0 Å². The van der Waals surface area contributed by atoms with Gasteiger partial charge in [0, 0.05) is 35.9 Å². The molecule has 108 valence electrons. The Morgan fingerprint density at radius 3 is 2.85 bits per heavy atom. The summed E-state index contributed by atoms with van der Waals surface area (Å²) < 4.78 is 7.48. The van der Waals surface area contributed by atoms with Crippen molar-refractivity contribution in [3.8, 4) is 5.75 Å². The van der Waals surface area contributed by atoms with Crippen molar-refractivity contribution < 1.29 is 4.74 Å². The van der Waals surface area contributed by atoms with Gasteiger partial charge in [-0.05, 0) is 26.0 Å². The van der Waals surface area contributed by atoms with E-state index in [0.717, 1.165) is 23.6 Å². The molecule has 0 fully saturated rings. The molecule has 0 radical (unpaired) electrons. The molecule has 0 spiro atoms. The van der Waals surface area contributed by atoms with Crippen LogP contribution in [0.25, 0.3) is 0 Å². The summed E-state index contributed by atoms with van der Waals surface area (Å²) in [5.41, 5.74) is 2.14. The number of ether oxygens (including phenoxy) is 1. The van der Waals surface area contributed by atoms with Gasteiger partial charge in [-0.15, -0.1) is 0 Å². The molecule has 0 saturated heterocycles. The van der Waals surface area contributed by atoms with Crippen LogP contribution in [0.5, 0.6) is 5.75 Å². The Kier molecular flexibility index (Phi) is 5.04. The molecule has 20 heavy (non-hydrogen) atoms. The highest BCUT2D eigenvalue weighted by atomic mass is 35.5. The van der Waals surface area contributed by atoms with Gasteiger partial charge in [-0.25, -0.2) is 4.98 Å². The molecule has 0 aliphatic rings. The fourth-order valence-electron chi connectivity index (χ4n) is 2.15. The highest BCUT2D eigenvalue weighted by molar-refractivity contribution is 6.31. The lowest BCUT2D eigenvalue weighted by Gasteiger charge is -2.14. The molecule has 1 aromatic heterocycles. The fourth-order valence-corrected chi connectivity index (χ4v) is 2.38. The first kappa shape index (κ1) is 14.9. The number of halogens is 1. The van der Waals surface area contributed by atoms with Crippen LogP contribution in [0.15, 0.2) is 30.7 Å². The molecule has 0 amide bonds. The van der Waals surface area contributed by atoms with Gasteiger partial charge in [0.2, 0.25) is 0 Å². The number of aromatic nitrogens is 2. The average molecular weight is 294 g/mol. The molecule has 4 nitrogen and oxygen atoms in total. The smallest absolute Gasteiger partial charge is 0.124 e. The Bertz CT molecular complexity index is 566. The molecular weight excluding hydrogens is 274 g/mol. The van der Waals surface area contributed by atoms with Crippen molar-refractivity contribution in [3.05, 3.63) is 47.0 Å². The summed E-state index contributed by atoms with van der Waals surface area (Å²) in [6.07, 6.45) is 3.74.